The topological polar surface area (TPSA) is 63.5 Å². The zero-order valence-electron chi connectivity index (χ0n) is 11.7. The van der Waals surface area contributed by atoms with E-state index in [2.05, 4.69) is 9.71 Å². The highest BCUT2D eigenvalue weighted by Gasteiger charge is 2.17. The minimum Gasteiger partial charge on any atom is -0.302 e. The molecular weight excluding hydrogens is 286 g/mol. The van der Waals surface area contributed by atoms with Gasteiger partial charge in [0.2, 0.25) is 0 Å². The fraction of sp³-hybridized carbons (Fsp3) is 0.133. The average molecular weight is 301 g/mol. The Bertz CT molecular complexity index is 899. The summed E-state index contributed by atoms with van der Waals surface area (Å²) in [4.78, 5) is 4.56. The van der Waals surface area contributed by atoms with Crippen LogP contribution in [0.1, 0.15) is 11.3 Å². The summed E-state index contributed by atoms with van der Waals surface area (Å²) in [5, 5.41) is 0. The minimum absolute atomic E-state index is 0.220. The largest absolute Gasteiger partial charge is 0.302 e. The summed E-state index contributed by atoms with van der Waals surface area (Å²) in [6.45, 7) is 3.81. The van der Waals surface area contributed by atoms with Crippen LogP contribution in [-0.4, -0.2) is 17.8 Å². The monoisotopic (exact) mass is 301 g/mol. The molecule has 0 unspecified atom stereocenters. The van der Waals surface area contributed by atoms with Crippen molar-refractivity contribution in [2.24, 2.45) is 0 Å². The lowest BCUT2D eigenvalue weighted by molar-refractivity contribution is 0.601. The fourth-order valence-electron chi connectivity index (χ4n) is 2.15. The number of benzene rings is 1. The molecule has 0 aliphatic rings. The van der Waals surface area contributed by atoms with Crippen molar-refractivity contribution >= 4 is 21.5 Å². The first-order valence-corrected chi connectivity index (χ1v) is 7.99. The van der Waals surface area contributed by atoms with Gasteiger partial charge in [-0.15, -0.1) is 0 Å². The summed E-state index contributed by atoms with van der Waals surface area (Å²) >= 11 is 0. The number of hydrogen-bond acceptors (Lipinski definition) is 3. The van der Waals surface area contributed by atoms with Crippen molar-refractivity contribution < 1.29 is 8.42 Å². The van der Waals surface area contributed by atoms with Gasteiger partial charge in [-0.05, 0) is 37.6 Å². The molecule has 3 aromatic rings. The molecule has 0 aliphatic heterocycles. The van der Waals surface area contributed by atoms with Gasteiger partial charge in [-0.1, -0.05) is 24.3 Å². The van der Waals surface area contributed by atoms with E-state index in [4.69, 9.17) is 0 Å². The maximum Gasteiger partial charge on any atom is 0.263 e. The van der Waals surface area contributed by atoms with Crippen LogP contribution in [-0.2, 0) is 10.0 Å². The summed E-state index contributed by atoms with van der Waals surface area (Å²) in [5.41, 5.74) is 2.55. The maximum atomic E-state index is 12.3. The van der Waals surface area contributed by atoms with Crippen LogP contribution < -0.4 is 4.72 Å². The summed E-state index contributed by atoms with van der Waals surface area (Å²) in [5.74, 6) is 0.351. The van der Waals surface area contributed by atoms with E-state index in [9.17, 15) is 8.42 Å². The summed E-state index contributed by atoms with van der Waals surface area (Å²) in [6.07, 6.45) is 1.93. The van der Waals surface area contributed by atoms with E-state index in [0.29, 0.717) is 11.5 Å². The fourth-order valence-corrected chi connectivity index (χ4v) is 3.23. The lowest BCUT2D eigenvalue weighted by atomic mass is 10.3. The number of nitrogens with one attached hydrogen (secondary N) is 1. The number of sulfonamides is 1. The number of imidazole rings is 1. The smallest absolute Gasteiger partial charge is 0.263 e. The Labute approximate surface area is 123 Å². The SMILES string of the molecule is Cc1ccc2nc(NS(=O)(=O)c3ccccc3)c(C)n2c1. The Morgan fingerprint density at radius 2 is 1.76 bits per heavy atom. The van der Waals surface area contributed by atoms with Crippen molar-refractivity contribution in [2.75, 3.05) is 4.72 Å². The summed E-state index contributed by atoms with van der Waals surface area (Å²) in [6, 6.07) is 12.1. The van der Waals surface area contributed by atoms with Crippen molar-refractivity contribution in [1.82, 2.24) is 9.38 Å². The van der Waals surface area contributed by atoms with Crippen molar-refractivity contribution in [1.29, 1.82) is 0 Å². The molecule has 0 bridgehead atoms. The molecule has 0 saturated heterocycles. The van der Waals surface area contributed by atoms with Crippen molar-refractivity contribution in [3.8, 4) is 0 Å². The van der Waals surface area contributed by atoms with Gasteiger partial charge in [-0.3, -0.25) is 4.72 Å². The Balaban J connectivity index is 2.04. The molecule has 21 heavy (non-hydrogen) atoms. The third-order valence-electron chi connectivity index (χ3n) is 3.29. The first-order chi connectivity index (χ1) is 9.97. The van der Waals surface area contributed by atoms with Gasteiger partial charge in [-0.2, -0.15) is 0 Å². The van der Waals surface area contributed by atoms with Gasteiger partial charge in [0, 0.05) is 6.20 Å². The molecule has 5 nitrogen and oxygen atoms in total. The second-order valence-electron chi connectivity index (χ2n) is 4.90. The molecule has 2 heterocycles. The van der Waals surface area contributed by atoms with Crippen LogP contribution in [0.2, 0.25) is 0 Å². The van der Waals surface area contributed by atoms with Gasteiger partial charge >= 0.3 is 0 Å². The van der Waals surface area contributed by atoms with E-state index in [1.165, 1.54) is 0 Å². The lowest BCUT2D eigenvalue weighted by Gasteiger charge is -2.06. The first-order valence-electron chi connectivity index (χ1n) is 6.50. The molecule has 6 heteroatoms. The van der Waals surface area contributed by atoms with Crippen LogP contribution in [0.25, 0.3) is 5.65 Å². The molecule has 0 fully saturated rings. The van der Waals surface area contributed by atoms with E-state index >= 15 is 0 Å². The predicted molar refractivity (Wildman–Crippen MR) is 81.9 cm³/mol. The molecule has 1 aromatic carbocycles. The van der Waals surface area contributed by atoms with Crippen LogP contribution in [0, 0.1) is 13.8 Å². The highest BCUT2D eigenvalue weighted by atomic mass is 32.2. The van der Waals surface area contributed by atoms with Crippen LogP contribution in [0.3, 0.4) is 0 Å². The van der Waals surface area contributed by atoms with E-state index in [1.54, 1.807) is 30.3 Å². The van der Waals surface area contributed by atoms with Crippen molar-refractivity contribution in [3.05, 3.63) is 59.9 Å². The molecule has 3 rings (SSSR count). The lowest BCUT2D eigenvalue weighted by Crippen LogP contribution is -2.13. The molecule has 108 valence electrons. The number of rotatable bonds is 3. The molecule has 0 aliphatic carbocycles. The molecule has 1 N–H and O–H groups in total. The number of nitrogens with zero attached hydrogens (tertiary/aromatic N) is 2. The summed E-state index contributed by atoms with van der Waals surface area (Å²) < 4.78 is 29.1. The quantitative estimate of drug-likeness (QED) is 0.809. The standard InChI is InChI=1S/C15H15N3O2S/c1-11-8-9-14-16-15(12(2)18(14)10-11)17-21(19,20)13-6-4-3-5-7-13/h3-10,17H,1-2H3. The van der Waals surface area contributed by atoms with Crippen LogP contribution in [0.15, 0.2) is 53.6 Å². The van der Waals surface area contributed by atoms with Gasteiger partial charge in [-0.25, -0.2) is 13.4 Å². The highest BCUT2D eigenvalue weighted by molar-refractivity contribution is 7.92. The van der Waals surface area contributed by atoms with Crippen LogP contribution in [0.4, 0.5) is 5.82 Å². The molecular formula is C15H15N3O2S. The Morgan fingerprint density at radius 3 is 2.48 bits per heavy atom. The van der Waals surface area contributed by atoms with Gasteiger partial charge < -0.3 is 4.40 Å². The number of aromatic nitrogens is 2. The minimum atomic E-state index is -3.62. The molecule has 0 amide bonds. The zero-order chi connectivity index (χ0) is 15.0. The van der Waals surface area contributed by atoms with Gasteiger partial charge in [0.15, 0.2) is 5.82 Å². The number of pyridine rings is 1. The second kappa shape index (κ2) is 4.89. The van der Waals surface area contributed by atoms with Crippen molar-refractivity contribution in [2.45, 2.75) is 18.7 Å². The van der Waals surface area contributed by atoms with E-state index in [-0.39, 0.29) is 4.90 Å². The third kappa shape index (κ3) is 2.50. The number of aryl methyl sites for hydroxylation is 2. The Hall–Kier alpha value is -2.34. The maximum absolute atomic E-state index is 12.3. The van der Waals surface area contributed by atoms with Crippen LogP contribution >= 0.6 is 0 Å². The normalized spacial score (nSPS) is 11.7. The average Bonchev–Trinajstić information content (AvgIpc) is 2.76. The molecule has 2 aromatic heterocycles. The number of fused-ring (bicyclic) bond motifs is 1. The summed E-state index contributed by atoms with van der Waals surface area (Å²) in [7, 11) is -3.62. The number of hydrogen-bond donors (Lipinski definition) is 1. The predicted octanol–water partition coefficient (Wildman–Crippen LogP) is 2.75. The highest BCUT2D eigenvalue weighted by Crippen LogP contribution is 2.21. The third-order valence-corrected chi connectivity index (χ3v) is 4.64. The van der Waals surface area contributed by atoms with E-state index < -0.39 is 10.0 Å². The Morgan fingerprint density at radius 1 is 1.05 bits per heavy atom. The van der Waals surface area contributed by atoms with E-state index in [0.717, 1.165) is 11.3 Å². The first kappa shape index (κ1) is 13.6. The zero-order valence-corrected chi connectivity index (χ0v) is 12.6. The molecule has 0 spiro atoms. The van der Waals surface area contributed by atoms with Gasteiger partial charge in [0.1, 0.15) is 5.65 Å². The second-order valence-corrected chi connectivity index (χ2v) is 6.58. The van der Waals surface area contributed by atoms with E-state index in [1.807, 2.05) is 36.6 Å². The molecule has 0 atom stereocenters. The number of anilines is 1. The molecule has 0 saturated carbocycles. The molecule has 0 radical (unpaired) electrons. The van der Waals surface area contributed by atoms with Crippen LogP contribution in [0.5, 0.6) is 0 Å². The van der Waals surface area contributed by atoms with Gasteiger partial charge in [0.05, 0.1) is 10.6 Å². The van der Waals surface area contributed by atoms with Gasteiger partial charge in [0.25, 0.3) is 10.0 Å². The Kier molecular flexibility index (Phi) is 3.17. The van der Waals surface area contributed by atoms with Crippen molar-refractivity contribution in [3.63, 3.8) is 0 Å².